The number of hydrogen-bond donors (Lipinski definition) is 2. The molecule has 0 aliphatic carbocycles. The predicted molar refractivity (Wildman–Crippen MR) is 31.8 cm³/mol. The van der Waals surface area contributed by atoms with Gasteiger partial charge in [-0.25, -0.2) is 4.98 Å². The zero-order valence-corrected chi connectivity index (χ0v) is 4.57. The van der Waals surface area contributed by atoms with E-state index in [4.69, 9.17) is 5.73 Å². The van der Waals surface area contributed by atoms with Crippen LogP contribution >= 0.6 is 0 Å². The van der Waals surface area contributed by atoms with Gasteiger partial charge < -0.3 is 5.73 Å². The summed E-state index contributed by atoms with van der Waals surface area (Å²) in [5.74, 6) is 0. The predicted octanol–water partition coefficient (Wildman–Crippen LogP) is -0.360. The molecule has 5 heteroatoms. The number of nitrogens with two attached hydrogens (primary N) is 1. The van der Waals surface area contributed by atoms with Gasteiger partial charge in [0.25, 0.3) is 0 Å². The molecule has 3 N–H and O–H groups in total. The summed E-state index contributed by atoms with van der Waals surface area (Å²) in [6, 6.07) is 0. The van der Waals surface area contributed by atoms with E-state index in [1.54, 1.807) is 6.20 Å². The summed E-state index contributed by atoms with van der Waals surface area (Å²) in [6.07, 6.45) is 3.09. The number of rotatable bonds is 0. The van der Waals surface area contributed by atoms with Crippen LogP contribution in [-0.2, 0) is 0 Å². The molecule has 0 saturated carbocycles. The molecule has 9 heavy (non-hydrogen) atoms. The van der Waals surface area contributed by atoms with Crippen molar-refractivity contribution in [1.29, 1.82) is 0 Å². The Morgan fingerprint density at radius 1 is 1.67 bits per heavy atom. The largest absolute Gasteiger partial charge is 0.394 e. The van der Waals surface area contributed by atoms with Crippen LogP contribution in [0.2, 0.25) is 0 Å². The van der Waals surface area contributed by atoms with Gasteiger partial charge in [0.1, 0.15) is 6.33 Å². The minimum atomic E-state index is 0.618. The van der Waals surface area contributed by atoms with Crippen molar-refractivity contribution in [3.63, 3.8) is 0 Å². The van der Waals surface area contributed by atoms with Crippen molar-refractivity contribution in [2.24, 2.45) is 0 Å². The molecular formula is C4H5N5. The fourth-order valence-electron chi connectivity index (χ4n) is 0.728. The van der Waals surface area contributed by atoms with Crippen molar-refractivity contribution in [1.82, 2.24) is 19.8 Å². The average Bonchev–Trinajstić information content (AvgIpc) is 2.35. The van der Waals surface area contributed by atoms with Crippen LogP contribution < -0.4 is 5.73 Å². The molecule has 0 unspecified atom stereocenters. The third-order valence-electron chi connectivity index (χ3n) is 1.15. The van der Waals surface area contributed by atoms with Crippen LogP contribution in [0, 0.1) is 0 Å². The standard InChI is InChI=1S/C4H5N5/c5-3-1-7-9-4(3)6-2-8-9/h1-2,7H,5H2. The Morgan fingerprint density at radius 2 is 2.56 bits per heavy atom. The lowest BCUT2D eigenvalue weighted by atomic mass is 10.6. The summed E-state index contributed by atoms with van der Waals surface area (Å²) in [6.45, 7) is 0. The molecule has 2 heterocycles. The van der Waals surface area contributed by atoms with Gasteiger partial charge in [0.05, 0.1) is 5.69 Å². The number of anilines is 1. The van der Waals surface area contributed by atoms with Gasteiger partial charge >= 0.3 is 0 Å². The fraction of sp³-hybridized carbons (Fsp3) is 0. The third-order valence-corrected chi connectivity index (χ3v) is 1.15. The molecular weight excluding hydrogens is 118 g/mol. The van der Waals surface area contributed by atoms with E-state index in [9.17, 15) is 0 Å². The van der Waals surface area contributed by atoms with Crippen LogP contribution in [-0.4, -0.2) is 19.8 Å². The first-order chi connectivity index (χ1) is 4.38. The van der Waals surface area contributed by atoms with Gasteiger partial charge in [0.15, 0.2) is 5.65 Å². The Hall–Kier alpha value is -1.52. The first-order valence-electron chi connectivity index (χ1n) is 2.50. The third kappa shape index (κ3) is 0.426. The number of nitrogens with one attached hydrogen (secondary N) is 1. The van der Waals surface area contributed by atoms with Crippen molar-refractivity contribution in [3.05, 3.63) is 12.5 Å². The maximum Gasteiger partial charge on any atom is 0.198 e. The highest BCUT2D eigenvalue weighted by Crippen LogP contribution is 2.05. The summed E-state index contributed by atoms with van der Waals surface area (Å²) in [5.41, 5.74) is 6.76. The first-order valence-corrected chi connectivity index (χ1v) is 2.50. The zero-order chi connectivity index (χ0) is 6.27. The molecule has 0 amide bonds. The lowest BCUT2D eigenvalue weighted by Crippen LogP contribution is -1.84. The topological polar surface area (TPSA) is 72.0 Å². The van der Waals surface area contributed by atoms with Gasteiger partial charge in [-0.15, -0.1) is 5.10 Å². The molecule has 0 aliphatic heterocycles. The number of H-pyrrole nitrogens is 1. The Labute approximate surface area is 50.5 Å². The number of aromatic nitrogens is 4. The van der Waals surface area contributed by atoms with Crippen molar-refractivity contribution in [2.75, 3.05) is 5.73 Å². The number of hydrogen-bond acceptors (Lipinski definition) is 3. The molecule has 0 bridgehead atoms. The van der Waals surface area contributed by atoms with E-state index in [2.05, 4.69) is 15.2 Å². The van der Waals surface area contributed by atoms with Crippen molar-refractivity contribution in [3.8, 4) is 0 Å². The zero-order valence-electron chi connectivity index (χ0n) is 4.57. The Balaban J connectivity index is 2.99. The highest BCUT2D eigenvalue weighted by Gasteiger charge is 1.98. The van der Waals surface area contributed by atoms with Crippen LogP contribution in [0.15, 0.2) is 12.5 Å². The lowest BCUT2D eigenvalue weighted by molar-refractivity contribution is 0.821. The molecule has 5 nitrogen and oxygen atoms in total. The molecule has 0 radical (unpaired) electrons. The highest BCUT2D eigenvalue weighted by atomic mass is 15.4. The van der Waals surface area contributed by atoms with Gasteiger partial charge in [0, 0.05) is 6.20 Å². The normalized spacial score (nSPS) is 10.7. The minimum absolute atomic E-state index is 0.618. The number of nitrogen functional groups attached to an aromatic ring is 1. The van der Waals surface area contributed by atoms with Crippen molar-refractivity contribution in [2.45, 2.75) is 0 Å². The second kappa shape index (κ2) is 1.25. The Kier molecular flexibility index (Phi) is 0.606. The van der Waals surface area contributed by atoms with E-state index in [-0.39, 0.29) is 0 Å². The molecule has 46 valence electrons. The maximum atomic E-state index is 5.47. The molecule has 0 fully saturated rings. The molecule has 0 spiro atoms. The minimum Gasteiger partial charge on any atom is -0.394 e. The van der Waals surface area contributed by atoms with Gasteiger partial charge in [-0.05, 0) is 0 Å². The average molecular weight is 123 g/mol. The highest BCUT2D eigenvalue weighted by molar-refractivity contribution is 5.61. The number of fused-ring (bicyclic) bond motifs is 1. The smallest absolute Gasteiger partial charge is 0.198 e. The molecule has 0 atom stereocenters. The second-order valence-electron chi connectivity index (χ2n) is 1.72. The second-order valence-corrected chi connectivity index (χ2v) is 1.72. The van der Waals surface area contributed by atoms with Crippen LogP contribution in [0.1, 0.15) is 0 Å². The molecule has 2 rings (SSSR count). The monoisotopic (exact) mass is 123 g/mol. The van der Waals surface area contributed by atoms with Crippen LogP contribution in [0.25, 0.3) is 5.65 Å². The maximum absolute atomic E-state index is 5.47. The van der Waals surface area contributed by atoms with E-state index in [1.165, 1.54) is 11.0 Å². The summed E-state index contributed by atoms with van der Waals surface area (Å²) in [5, 5.41) is 6.60. The molecule has 0 aliphatic rings. The Bertz CT molecular complexity index is 318. The summed E-state index contributed by atoms with van der Waals surface area (Å²) in [7, 11) is 0. The van der Waals surface area contributed by atoms with Gasteiger partial charge in [-0.3, -0.25) is 5.10 Å². The SMILES string of the molecule is Nc1c[nH]n2ncnc12. The molecule has 2 aromatic rings. The summed E-state index contributed by atoms with van der Waals surface area (Å²) >= 11 is 0. The van der Waals surface area contributed by atoms with E-state index in [0.29, 0.717) is 11.3 Å². The van der Waals surface area contributed by atoms with Gasteiger partial charge in [-0.1, -0.05) is 0 Å². The van der Waals surface area contributed by atoms with Crippen molar-refractivity contribution >= 4 is 11.3 Å². The summed E-state index contributed by atoms with van der Waals surface area (Å²) in [4.78, 5) is 3.87. The van der Waals surface area contributed by atoms with E-state index in [0.717, 1.165) is 0 Å². The number of nitrogens with zero attached hydrogens (tertiary/aromatic N) is 3. The first kappa shape index (κ1) is 4.37. The molecule has 0 aromatic carbocycles. The van der Waals surface area contributed by atoms with Gasteiger partial charge in [0.2, 0.25) is 0 Å². The fourth-order valence-corrected chi connectivity index (χ4v) is 0.728. The van der Waals surface area contributed by atoms with E-state index >= 15 is 0 Å². The lowest BCUT2D eigenvalue weighted by Gasteiger charge is -1.75. The van der Waals surface area contributed by atoms with Crippen LogP contribution in [0.4, 0.5) is 5.69 Å². The van der Waals surface area contributed by atoms with E-state index in [1.807, 2.05) is 0 Å². The van der Waals surface area contributed by atoms with Gasteiger partial charge in [-0.2, -0.15) is 4.63 Å². The quantitative estimate of drug-likeness (QED) is 0.502. The van der Waals surface area contributed by atoms with Crippen LogP contribution in [0.5, 0.6) is 0 Å². The van der Waals surface area contributed by atoms with Crippen LogP contribution in [0.3, 0.4) is 0 Å². The molecule has 0 saturated heterocycles. The number of aromatic amines is 1. The Morgan fingerprint density at radius 3 is 3.33 bits per heavy atom. The van der Waals surface area contributed by atoms with Crippen molar-refractivity contribution < 1.29 is 0 Å². The molecule has 2 aromatic heterocycles. The summed E-state index contributed by atoms with van der Waals surface area (Å²) < 4.78 is 1.51. The van der Waals surface area contributed by atoms with E-state index < -0.39 is 0 Å².